The number of ether oxygens (including phenoxy) is 1. The van der Waals surface area contributed by atoms with Crippen LogP contribution in [0.15, 0.2) is 0 Å². The lowest BCUT2D eigenvalue weighted by Gasteiger charge is -2.23. The Morgan fingerprint density at radius 3 is 2.63 bits per heavy atom. The molecule has 0 aliphatic carbocycles. The lowest BCUT2D eigenvalue weighted by Crippen LogP contribution is -2.48. The Balaban J connectivity index is 1.67. The van der Waals surface area contributed by atoms with Gasteiger partial charge in [-0.1, -0.05) is 26.7 Å². The summed E-state index contributed by atoms with van der Waals surface area (Å²) in [5, 5.41) is 15.7. The van der Waals surface area contributed by atoms with Crippen LogP contribution in [0.3, 0.4) is 0 Å². The molecule has 4 unspecified atom stereocenters. The zero-order valence-electron chi connectivity index (χ0n) is 11.9. The summed E-state index contributed by atoms with van der Waals surface area (Å²) in [6.07, 6.45) is 5.03. The van der Waals surface area contributed by atoms with Gasteiger partial charge >= 0.3 is 6.03 Å². The van der Waals surface area contributed by atoms with Crippen LogP contribution in [-0.2, 0) is 4.74 Å². The normalized spacial score (nSPS) is 30.6. The lowest BCUT2D eigenvalue weighted by molar-refractivity contribution is 0.0962. The van der Waals surface area contributed by atoms with E-state index in [0.29, 0.717) is 12.6 Å². The van der Waals surface area contributed by atoms with E-state index < -0.39 is 6.10 Å². The molecule has 3 N–H and O–H groups in total. The second-order valence-electron chi connectivity index (χ2n) is 5.71. The molecule has 0 radical (unpaired) electrons. The molecule has 5 nitrogen and oxygen atoms in total. The van der Waals surface area contributed by atoms with Gasteiger partial charge in [-0.3, -0.25) is 0 Å². The molecule has 2 aliphatic heterocycles. The highest BCUT2D eigenvalue weighted by Gasteiger charge is 2.41. The van der Waals surface area contributed by atoms with Gasteiger partial charge in [-0.05, 0) is 25.2 Å². The summed E-state index contributed by atoms with van der Waals surface area (Å²) in [6, 6.07) is -0.0461. The van der Waals surface area contributed by atoms with Crippen LogP contribution < -0.4 is 10.6 Å². The molecule has 2 fully saturated rings. The Morgan fingerprint density at radius 2 is 2.11 bits per heavy atom. The first-order valence-corrected chi connectivity index (χ1v) is 7.51. The van der Waals surface area contributed by atoms with Crippen molar-refractivity contribution < 1.29 is 14.6 Å². The van der Waals surface area contributed by atoms with Crippen molar-refractivity contribution in [2.45, 2.75) is 70.3 Å². The molecule has 2 bridgehead atoms. The highest BCUT2D eigenvalue weighted by Crippen LogP contribution is 2.34. The van der Waals surface area contributed by atoms with Crippen molar-refractivity contribution in [2.75, 3.05) is 6.54 Å². The van der Waals surface area contributed by atoms with Gasteiger partial charge < -0.3 is 20.5 Å². The minimum absolute atomic E-state index is 0.143. The molecular formula is C14H26N2O3. The third-order valence-corrected chi connectivity index (χ3v) is 4.49. The van der Waals surface area contributed by atoms with Gasteiger partial charge in [0, 0.05) is 6.54 Å². The Hall–Kier alpha value is -0.810. The van der Waals surface area contributed by atoms with Crippen molar-refractivity contribution in [1.82, 2.24) is 10.6 Å². The second-order valence-corrected chi connectivity index (χ2v) is 5.71. The van der Waals surface area contributed by atoms with Gasteiger partial charge in [0.05, 0.1) is 24.4 Å². The van der Waals surface area contributed by atoms with Crippen LogP contribution in [0.4, 0.5) is 4.79 Å². The van der Waals surface area contributed by atoms with E-state index in [1.165, 1.54) is 0 Å². The number of carbonyl (C=O) groups is 1. The quantitative estimate of drug-likeness (QED) is 0.683. The van der Waals surface area contributed by atoms with Crippen LogP contribution in [0.2, 0.25) is 0 Å². The molecular weight excluding hydrogens is 244 g/mol. The lowest BCUT2D eigenvalue weighted by atomic mass is 9.95. The van der Waals surface area contributed by atoms with Gasteiger partial charge in [0.2, 0.25) is 0 Å². The molecule has 5 heteroatoms. The molecule has 0 aromatic rings. The molecule has 2 amide bonds. The standard InChI is InChI=1S/C14H26N2O3/c1-3-9(4-2)12(17)8-15-14(18)16-11-7-10-5-6-13(11)19-10/h9-13,17H,3-8H2,1-2H3,(H2,15,16,18). The van der Waals surface area contributed by atoms with Crippen molar-refractivity contribution in [3.63, 3.8) is 0 Å². The summed E-state index contributed by atoms with van der Waals surface area (Å²) >= 11 is 0. The number of aliphatic hydroxyl groups is 1. The number of hydrogen-bond donors (Lipinski definition) is 3. The maximum Gasteiger partial charge on any atom is 0.315 e. The molecule has 19 heavy (non-hydrogen) atoms. The van der Waals surface area contributed by atoms with Crippen molar-refractivity contribution in [2.24, 2.45) is 5.92 Å². The van der Waals surface area contributed by atoms with Gasteiger partial charge in [-0.2, -0.15) is 0 Å². The summed E-state index contributed by atoms with van der Waals surface area (Å²) in [5.41, 5.74) is 0. The number of amides is 2. The maximum atomic E-state index is 11.8. The highest BCUT2D eigenvalue weighted by molar-refractivity contribution is 5.74. The van der Waals surface area contributed by atoms with E-state index >= 15 is 0 Å². The van der Waals surface area contributed by atoms with Crippen molar-refractivity contribution >= 4 is 6.03 Å². The average Bonchev–Trinajstić information content (AvgIpc) is 3.00. The fraction of sp³-hybridized carbons (Fsp3) is 0.929. The molecule has 0 saturated carbocycles. The van der Waals surface area contributed by atoms with E-state index in [0.717, 1.165) is 32.1 Å². The average molecular weight is 270 g/mol. The summed E-state index contributed by atoms with van der Waals surface area (Å²) in [7, 11) is 0. The molecule has 2 aliphatic rings. The number of aliphatic hydroxyl groups excluding tert-OH is 1. The van der Waals surface area contributed by atoms with E-state index in [1.54, 1.807) is 0 Å². The van der Waals surface area contributed by atoms with Crippen LogP contribution in [0, 0.1) is 5.92 Å². The third-order valence-electron chi connectivity index (χ3n) is 4.49. The molecule has 0 aromatic carbocycles. The zero-order valence-corrected chi connectivity index (χ0v) is 11.9. The molecule has 0 aromatic heterocycles. The number of carbonyl (C=O) groups excluding carboxylic acids is 1. The zero-order chi connectivity index (χ0) is 13.8. The maximum absolute atomic E-state index is 11.8. The Kier molecular flexibility index (Phi) is 5.05. The van der Waals surface area contributed by atoms with Crippen molar-refractivity contribution in [3.05, 3.63) is 0 Å². The first-order chi connectivity index (χ1) is 9.13. The molecule has 2 heterocycles. The molecule has 2 saturated heterocycles. The summed E-state index contributed by atoms with van der Waals surface area (Å²) in [5.74, 6) is 0.256. The molecule has 4 atom stereocenters. The number of hydrogen-bond acceptors (Lipinski definition) is 3. The van der Waals surface area contributed by atoms with Gasteiger partial charge in [-0.15, -0.1) is 0 Å². The summed E-state index contributed by atoms with van der Waals surface area (Å²) < 4.78 is 5.69. The third kappa shape index (κ3) is 3.60. The summed E-state index contributed by atoms with van der Waals surface area (Å²) in [4.78, 5) is 11.8. The van der Waals surface area contributed by atoms with Crippen LogP contribution in [-0.4, -0.2) is 42.0 Å². The molecule has 2 rings (SSSR count). The first-order valence-electron chi connectivity index (χ1n) is 7.51. The van der Waals surface area contributed by atoms with Gasteiger partial charge in [0.15, 0.2) is 0 Å². The minimum atomic E-state index is -0.461. The Labute approximate surface area is 115 Å². The molecule has 110 valence electrons. The van der Waals surface area contributed by atoms with E-state index in [9.17, 15) is 9.90 Å². The fourth-order valence-electron chi connectivity index (χ4n) is 3.21. The summed E-state index contributed by atoms with van der Waals surface area (Å²) in [6.45, 7) is 4.44. The highest BCUT2D eigenvalue weighted by atomic mass is 16.5. The predicted molar refractivity (Wildman–Crippen MR) is 72.9 cm³/mol. The minimum Gasteiger partial charge on any atom is -0.391 e. The monoisotopic (exact) mass is 270 g/mol. The van der Waals surface area contributed by atoms with Crippen molar-refractivity contribution in [3.8, 4) is 0 Å². The Morgan fingerprint density at radius 1 is 1.37 bits per heavy atom. The van der Waals surface area contributed by atoms with Crippen LogP contribution >= 0.6 is 0 Å². The van der Waals surface area contributed by atoms with Gasteiger partial charge in [0.1, 0.15) is 0 Å². The predicted octanol–water partition coefficient (Wildman–Crippen LogP) is 1.40. The van der Waals surface area contributed by atoms with E-state index in [4.69, 9.17) is 4.74 Å². The molecule has 0 spiro atoms. The van der Waals surface area contributed by atoms with E-state index in [2.05, 4.69) is 24.5 Å². The fourth-order valence-corrected chi connectivity index (χ4v) is 3.21. The number of fused-ring (bicyclic) bond motifs is 2. The largest absolute Gasteiger partial charge is 0.391 e. The SMILES string of the molecule is CCC(CC)C(O)CNC(=O)NC1CC2CCC1O2. The van der Waals surface area contributed by atoms with Crippen LogP contribution in [0.25, 0.3) is 0 Å². The van der Waals surface area contributed by atoms with Crippen LogP contribution in [0.1, 0.15) is 46.0 Å². The smallest absolute Gasteiger partial charge is 0.315 e. The van der Waals surface area contributed by atoms with E-state index in [-0.39, 0.29) is 24.1 Å². The Bertz CT molecular complexity index is 307. The van der Waals surface area contributed by atoms with E-state index in [1.807, 2.05) is 0 Å². The number of nitrogens with one attached hydrogen (secondary N) is 2. The van der Waals surface area contributed by atoms with Crippen molar-refractivity contribution in [1.29, 1.82) is 0 Å². The van der Waals surface area contributed by atoms with Gasteiger partial charge in [-0.25, -0.2) is 4.79 Å². The second kappa shape index (κ2) is 6.57. The topological polar surface area (TPSA) is 70.6 Å². The van der Waals surface area contributed by atoms with Gasteiger partial charge in [0.25, 0.3) is 0 Å². The van der Waals surface area contributed by atoms with Crippen LogP contribution in [0.5, 0.6) is 0 Å². The first kappa shape index (κ1) is 14.6. The number of urea groups is 1. The number of rotatable bonds is 6.